The van der Waals surface area contributed by atoms with Crippen LogP contribution in [-0.4, -0.2) is 11.0 Å². The summed E-state index contributed by atoms with van der Waals surface area (Å²) < 4.78 is 5.34. The monoisotopic (exact) mass is 327 g/mol. The van der Waals surface area contributed by atoms with Gasteiger partial charge in [0.05, 0.1) is 6.26 Å². The van der Waals surface area contributed by atoms with E-state index in [9.17, 15) is 4.79 Å². The first-order chi connectivity index (χ1) is 11.2. The molecule has 116 valence electrons. The third-order valence-corrected chi connectivity index (χ3v) is 3.37. The third kappa shape index (κ3) is 4.11. The van der Waals surface area contributed by atoms with E-state index < -0.39 is 0 Å². The Morgan fingerprint density at radius 3 is 2.87 bits per heavy atom. The van der Waals surface area contributed by atoms with Crippen molar-refractivity contribution in [1.29, 1.82) is 0 Å². The first kappa shape index (κ1) is 15.1. The Kier molecular flexibility index (Phi) is 4.59. The van der Waals surface area contributed by atoms with Crippen molar-refractivity contribution in [3.05, 3.63) is 71.7 Å². The van der Waals surface area contributed by atoms with Crippen molar-refractivity contribution in [2.75, 3.05) is 5.32 Å². The fraction of sp³-hybridized carbons (Fsp3) is 0.0588. The highest BCUT2D eigenvalue weighted by atomic mass is 35.5. The van der Waals surface area contributed by atoms with Crippen molar-refractivity contribution in [3.8, 4) is 11.3 Å². The molecule has 0 fully saturated rings. The van der Waals surface area contributed by atoms with Crippen LogP contribution in [-0.2, 0) is 6.54 Å². The summed E-state index contributed by atoms with van der Waals surface area (Å²) in [6.45, 7) is 0.355. The average molecular weight is 328 g/mol. The Labute approximate surface area is 138 Å². The van der Waals surface area contributed by atoms with Crippen molar-refractivity contribution in [2.45, 2.75) is 6.54 Å². The molecule has 2 amide bonds. The van der Waals surface area contributed by atoms with E-state index in [0.29, 0.717) is 17.3 Å². The number of pyridine rings is 1. The van der Waals surface area contributed by atoms with Gasteiger partial charge < -0.3 is 15.1 Å². The Balaban J connectivity index is 1.60. The molecule has 2 N–H and O–H groups in total. The predicted molar refractivity (Wildman–Crippen MR) is 89.2 cm³/mol. The maximum Gasteiger partial charge on any atom is 0.319 e. The fourth-order valence-electron chi connectivity index (χ4n) is 2.09. The number of aromatic nitrogens is 1. The van der Waals surface area contributed by atoms with Crippen LogP contribution >= 0.6 is 11.6 Å². The zero-order valence-electron chi connectivity index (χ0n) is 12.1. The molecule has 1 aromatic carbocycles. The molecular formula is C17H14ClN3O2. The lowest BCUT2D eigenvalue weighted by molar-refractivity contribution is 0.251. The van der Waals surface area contributed by atoms with Crippen LogP contribution in [0.2, 0.25) is 5.02 Å². The number of nitrogens with zero attached hydrogens (tertiary/aromatic N) is 1. The molecule has 0 radical (unpaired) electrons. The molecule has 6 heteroatoms. The lowest BCUT2D eigenvalue weighted by atomic mass is 10.1. The number of urea groups is 1. The van der Waals surface area contributed by atoms with E-state index in [1.54, 1.807) is 42.9 Å². The van der Waals surface area contributed by atoms with E-state index in [0.717, 1.165) is 16.9 Å². The van der Waals surface area contributed by atoms with E-state index >= 15 is 0 Å². The number of furan rings is 1. The smallest absolute Gasteiger partial charge is 0.319 e. The van der Waals surface area contributed by atoms with Gasteiger partial charge in [0.1, 0.15) is 5.76 Å². The Morgan fingerprint density at radius 1 is 1.17 bits per heavy atom. The number of benzene rings is 1. The molecule has 0 aliphatic heterocycles. The maximum absolute atomic E-state index is 11.9. The van der Waals surface area contributed by atoms with Crippen LogP contribution in [0, 0.1) is 0 Å². The largest absolute Gasteiger partial charge is 0.464 e. The number of hydrogen-bond donors (Lipinski definition) is 2. The van der Waals surface area contributed by atoms with Gasteiger partial charge in [-0.05, 0) is 42.0 Å². The second-order valence-corrected chi connectivity index (χ2v) is 5.31. The first-order valence-corrected chi connectivity index (χ1v) is 7.37. The molecule has 0 saturated heterocycles. The van der Waals surface area contributed by atoms with Crippen molar-refractivity contribution < 1.29 is 9.21 Å². The van der Waals surface area contributed by atoms with Gasteiger partial charge in [0.2, 0.25) is 0 Å². The van der Waals surface area contributed by atoms with Gasteiger partial charge in [-0.3, -0.25) is 4.98 Å². The van der Waals surface area contributed by atoms with Gasteiger partial charge in [0, 0.05) is 35.2 Å². The van der Waals surface area contributed by atoms with Crippen LogP contribution in [0.4, 0.5) is 10.5 Å². The zero-order chi connectivity index (χ0) is 16.1. The van der Waals surface area contributed by atoms with Crippen molar-refractivity contribution in [2.24, 2.45) is 0 Å². The van der Waals surface area contributed by atoms with Gasteiger partial charge in [0.15, 0.2) is 0 Å². The van der Waals surface area contributed by atoms with Crippen LogP contribution in [0.1, 0.15) is 5.56 Å². The standard InChI is InChI=1S/C17H14ClN3O2/c18-14-3-1-4-15(8-14)21-17(22)20-10-12-7-13(11-19-9-12)16-5-2-6-23-16/h1-9,11H,10H2,(H2,20,21,22). The summed E-state index contributed by atoms with van der Waals surface area (Å²) in [5, 5.41) is 6.07. The van der Waals surface area contributed by atoms with Crippen LogP contribution in [0.25, 0.3) is 11.3 Å². The van der Waals surface area contributed by atoms with Crippen LogP contribution < -0.4 is 10.6 Å². The number of amides is 2. The molecule has 3 rings (SSSR count). The summed E-state index contributed by atoms with van der Waals surface area (Å²) in [7, 11) is 0. The molecule has 0 atom stereocenters. The number of hydrogen-bond acceptors (Lipinski definition) is 3. The van der Waals surface area contributed by atoms with Gasteiger partial charge in [-0.1, -0.05) is 17.7 Å². The molecule has 0 spiro atoms. The highest BCUT2D eigenvalue weighted by Crippen LogP contribution is 2.19. The number of carbonyl (C=O) groups excluding carboxylic acids is 1. The number of anilines is 1. The van der Waals surface area contributed by atoms with Crippen molar-refractivity contribution >= 4 is 23.3 Å². The molecule has 23 heavy (non-hydrogen) atoms. The quantitative estimate of drug-likeness (QED) is 0.750. The molecule has 2 aromatic heterocycles. The molecule has 2 heterocycles. The topological polar surface area (TPSA) is 67.2 Å². The molecule has 5 nitrogen and oxygen atoms in total. The summed E-state index contributed by atoms with van der Waals surface area (Å²) in [5.74, 6) is 0.739. The van der Waals surface area contributed by atoms with Crippen LogP contribution in [0.15, 0.2) is 65.5 Å². The van der Waals surface area contributed by atoms with Crippen LogP contribution in [0.5, 0.6) is 0 Å². The maximum atomic E-state index is 11.9. The minimum Gasteiger partial charge on any atom is -0.464 e. The van der Waals surface area contributed by atoms with Gasteiger partial charge in [-0.2, -0.15) is 0 Å². The van der Waals surface area contributed by atoms with E-state index in [4.69, 9.17) is 16.0 Å². The molecular weight excluding hydrogens is 314 g/mol. The van der Waals surface area contributed by atoms with E-state index in [1.165, 1.54) is 0 Å². The summed E-state index contributed by atoms with van der Waals surface area (Å²) in [5.41, 5.74) is 2.38. The molecule has 0 saturated carbocycles. The highest BCUT2D eigenvalue weighted by molar-refractivity contribution is 6.30. The van der Waals surface area contributed by atoms with E-state index in [2.05, 4.69) is 15.6 Å². The Hall–Kier alpha value is -2.79. The predicted octanol–water partition coefficient (Wildman–Crippen LogP) is 4.32. The lowest BCUT2D eigenvalue weighted by Crippen LogP contribution is -2.28. The molecule has 0 aliphatic rings. The summed E-state index contributed by atoms with van der Waals surface area (Å²) in [6, 6.07) is 12.3. The first-order valence-electron chi connectivity index (χ1n) is 6.99. The number of rotatable bonds is 4. The average Bonchev–Trinajstić information content (AvgIpc) is 3.08. The van der Waals surface area contributed by atoms with Crippen molar-refractivity contribution in [1.82, 2.24) is 10.3 Å². The summed E-state index contributed by atoms with van der Waals surface area (Å²) in [4.78, 5) is 16.1. The minimum atomic E-state index is -0.310. The number of halogens is 1. The summed E-state index contributed by atoms with van der Waals surface area (Å²) in [6.07, 6.45) is 5.03. The third-order valence-electron chi connectivity index (χ3n) is 3.14. The lowest BCUT2D eigenvalue weighted by Gasteiger charge is -2.08. The molecule has 3 aromatic rings. The van der Waals surface area contributed by atoms with Crippen molar-refractivity contribution in [3.63, 3.8) is 0 Å². The fourth-order valence-corrected chi connectivity index (χ4v) is 2.28. The van der Waals surface area contributed by atoms with Gasteiger partial charge in [0.25, 0.3) is 0 Å². The SMILES string of the molecule is O=C(NCc1cncc(-c2ccco2)c1)Nc1cccc(Cl)c1. The van der Waals surface area contributed by atoms with Gasteiger partial charge in [-0.25, -0.2) is 4.79 Å². The highest BCUT2D eigenvalue weighted by Gasteiger charge is 2.05. The second kappa shape index (κ2) is 6.98. The summed E-state index contributed by atoms with van der Waals surface area (Å²) >= 11 is 5.88. The van der Waals surface area contributed by atoms with E-state index in [1.807, 2.05) is 18.2 Å². The molecule has 0 unspecified atom stereocenters. The second-order valence-electron chi connectivity index (χ2n) is 4.88. The van der Waals surface area contributed by atoms with Gasteiger partial charge >= 0.3 is 6.03 Å². The normalized spacial score (nSPS) is 10.3. The number of carbonyl (C=O) groups is 1. The van der Waals surface area contributed by atoms with E-state index in [-0.39, 0.29) is 6.03 Å². The molecule has 0 aliphatic carbocycles. The van der Waals surface area contributed by atoms with Crippen LogP contribution in [0.3, 0.4) is 0 Å². The minimum absolute atomic E-state index is 0.310. The Bertz CT molecular complexity index is 803. The Morgan fingerprint density at radius 2 is 2.09 bits per heavy atom. The molecule has 0 bridgehead atoms. The van der Waals surface area contributed by atoms with Gasteiger partial charge in [-0.15, -0.1) is 0 Å². The zero-order valence-corrected chi connectivity index (χ0v) is 12.9. The number of nitrogens with one attached hydrogen (secondary N) is 2.